The number of rotatable bonds is 7. The van der Waals surface area contributed by atoms with Gasteiger partial charge >= 0.3 is 12.2 Å². The van der Waals surface area contributed by atoms with E-state index in [1.165, 1.54) is 12.1 Å². The minimum Gasteiger partial charge on any atom is -0.342 e. The zero-order valence-corrected chi connectivity index (χ0v) is 20.9. The van der Waals surface area contributed by atoms with Gasteiger partial charge in [0.05, 0.1) is 11.3 Å². The van der Waals surface area contributed by atoms with Gasteiger partial charge in [0.1, 0.15) is 5.82 Å². The summed E-state index contributed by atoms with van der Waals surface area (Å²) in [5, 5.41) is 3.16. The van der Waals surface area contributed by atoms with Gasteiger partial charge in [-0.3, -0.25) is 4.90 Å². The van der Waals surface area contributed by atoms with Gasteiger partial charge in [0.15, 0.2) is 0 Å². The van der Waals surface area contributed by atoms with Crippen molar-refractivity contribution >= 4 is 6.03 Å². The van der Waals surface area contributed by atoms with Crippen LogP contribution in [0.15, 0.2) is 54.6 Å². The summed E-state index contributed by atoms with van der Waals surface area (Å²) in [6, 6.07) is 15.7. The Balaban J connectivity index is 1.21. The largest absolute Gasteiger partial charge is 0.416 e. The first-order valence-electron chi connectivity index (χ1n) is 12.8. The van der Waals surface area contributed by atoms with Gasteiger partial charge in [0, 0.05) is 49.5 Å². The number of amides is 2. The Bertz CT molecular complexity index is 1200. The monoisotopic (exact) mass is 511 g/mol. The van der Waals surface area contributed by atoms with Crippen molar-refractivity contribution in [1.29, 1.82) is 0 Å². The molecule has 1 aliphatic heterocycles. The standard InChI is InChI=1S/C28H32F3N5O/c1-19-25(34-26(32-19)21-7-9-22(10-8-21)28(29,30)31)18-35-15-13-24(14-16-35)36(27(37)33-23-11-12-23)17-20-5-3-2-4-6-20/h2-10,23-24H,11-18H2,1H3,(H,32,34)(H,33,37). The van der Waals surface area contributed by atoms with E-state index in [2.05, 4.69) is 27.3 Å². The number of hydrogen-bond acceptors (Lipinski definition) is 3. The van der Waals surface area contributed by atoms with Crippen molar-refractivity contribution in [3.05, 3.63) is 77.1 Å². The van der Waals surface area contributed by atoms with E-state index < -0.39 is 11.7 Å². The van der Waals surface area contributed by atoms with E-state index in [-0.39, 0.29) is 12.1 Å². The third kappa shape index (κ3) is 6.33. The highest BCUT2D eigenvalue weighted by atomic mass is 19.4. The summed E-state index contributed by atoms with van der Waals surface area (Å²) in [5.41, 5.74) is 2.88. The lowest BCUT2D eigenvalue weighted by Gasteiger charge is -2.38. The number of H-pyrrole nitrogens is 1. The molecule has 0 bridgehead atoms. The smallest absolute Gasteiger partial charge is 0.342 e. The number of imidazole rings is 1. The van der Waals surface area contributed by atoms with Crippen LogP contribution < -0.4 is 5.32 Å². The lowest BCUT2D eigenvalue weighted by molar-refractivity contribution is -0.137. The van der Waals surface area contributed by atoms with Crippen molar-refractivity contribution in [2.75, 3.05) is 13.1 Å². The molecule has 3 aromatic rings. The summed E-state index contributed by atoms with van der Waals surface area (Å²) >= 11 is 0. The van der Waals surface area contributed by atoms with Crippen molar-refractivity contribution in [3.63, 3.8) is 0 Å². The van der Waals surface area contributed by atoms with Crippen molar-refractivity contribution in [1.82, 2.24) is 25.1 Å². The van der Waals surface area contributed by atoms with Crippen LogP contribution in [0, 0.1) is 6.92 Å². The molecule has 1 saturated carbocycles. The first-order valence-corrected chi connectivity index (χ1v) is 12.8. The summed E-state index contributed by atoms with van der Waals surface area (Å²) in [7, 11) is 0. The van der Waals surface area contributed by atoms with Gasteiger partial charge in [0.2, 0.25) is 0 Å². The second-order valence-electron chi connectivity index (χ2n) is 10.1. The van der Waals surface area contributed by atoms with Crippen molar-refractivity contribution in [2.24, 2.45) is 0 Å². The Kier molecular flexibility index (Phi) is 7.24. The summed E-state index contributed by atoms with van der Waals surface area (Å²) in [4.78, 5) is 25.3. The number of aryl methyl sites for hydroxylation is 1. The average Bonchev–Trinajstić information content (AvgIpc) is 3.63. The Labute approximate surface area is 214 Å². The molecule has 2 aromatic carbocycles. The third-order valence-corrected chi connectivity index (χ3v) is 7.20. The first kappa shape index (κ1) is 25.3. The highest BCUT2D eigenvalue weighted by molar-refractivity contribution is 5.75. The topological polar surface area (TPSA) is 64.3 Å². The number of halogens is 3. The number of nitrogens with zero attached hydrogens (tertiary/aromatic N) is 3. The van der Waals surface area contributed by atoms with Crippen LogP contribution >= 0.6 is 0 Å². The quantitative estimate of drug-likeness (QED) is 0.425. The Morgan fingerprint density at radius 3 is 2.35 bits per heavy atom. The molecular weight excluding hydrogens is 479 g/mol. The Morgan fingerprint density at radius 2 is 1.73 bits per heavy atom. The van der Waals surface area contributed by atoms with Gasteiger partial charge in [-0.05, 0) is 50.3 Å². The fraction of sp³-hybridized carbons (Fsp3) is 0.429. The molecular formula is C28H32F3N5O. The molecule has 6 nitrogen and oxygen atoms in total. The van der Waals surface area contributed by atoms with Gasteiger partial charge < -0.3 is 15.2 Å². The maximum Gasteiger partial charge on any atom is 0.416 e. The normalized spacial score (nSPS) is 17.1. The molecule has 0 unspecified atom stereocenters. The van der Waals surface area contributed by atoms with Gasteiger partial charge in [-0.25, -0.2) is 9.78 Å². The molecule has 37 heavy (non-hydrogen) atoms. The average molecular weight is 512 g/mol. The predicted molar refractivity (Wildman–Crippen MR) is 136 cm³/mol. The van der Waals surface area contributed by atoms with Crippen LogP contribution in [0.5, 0.6) is 0 Å². The van der Waals surface area contributed by atoms with Crippen molar-refractivity contribution in [3.8, 4) is 11.4 Å². The summed E-state index contributed by atoms with van der Waals surface area (Å²) in [6.07, 6.45) is -0.494. The number of hydrogen-bond donors (Lipinski definition) is 2. The van der Waals surface area contributed by atoms with E-state index in [9.17, 15) is 18.0 Å². The van der Waals surface area contributed by atoms with E-state index in [1.807, 2.05) is 30.0 Å². The molecule has 2 amide bonds. The molecule has 0 atom stereocenters. The zero-order valence-electron chi connectivity index (χ0n) is 20.9. The van der Waals surface area contributed by atoms with Gasteiger partial charge in [0.25, 0.3) is 0 Å². The number of likely N-dealkylation sites (tertiary alicyclic amines) is 1. The van der Waals surface area contributed by atoms with E-state index in [0.29, 0.717) is 30.5 Å². The van der Waals surface area contributed by atoms with E-state index in [4.69, 9.17) is 4.98 Å². The minimum absolute atomic E-state index is 0.0223. The SMILES string of the molecule is Cc1[nH]c(-c2ccc(C(F)(F)F)cc2)nc1CN1CCC(N(Cc2ccccc2)C(=O)NC2CC2)CC1. The maximum absolute atomic E-state index is 13.1. The van der Waals surface area contributed by atoms with Crippen LogP contribution in [0.2, 0.25) is 0 Å². The molecule has 5 rings (SSSR count). The van der Waals surface area contributed by atoms with E-state index in [1.54, 1.807) is 0 Å². The second kappa shape index (κ2) is 10.6. The number of urea groups is 1. The van der Waals surface area contributed by atoms with Crippen LogP contribution in [-0.4, -0.2) is 51.0 Å². The number of aromatic amines is 1. The number of carbonyl (C=O) groups is 1. The van der Waals surface area contributed by atoms with E-state index >= 15 is 0 Å². The summed E-state index contributed by atoms with van der Waals surface area (Å²) in [6.45, 7) is 4.87. The number of aromatic nitrogens is 2. The van der Waals surface area contributed by atoms with Crippen LogP contribution in [-0.2, 0) is 19.3 Å². The molecule has 0 spiro atoms. The van der Waals surface area contributed by atoms with E-state index in [0.717, 1.165) is 67.9 Å². The Morgan fingerprint density at radius 1 is 1.05 bits per heavy atom. The number of benzene rings is 2. The lowest BCUT2D eigenvalue weighted by atomic mass is 10.0. The fourth-order valence-electron chi connectivity index (χ4n) is 4.84. The Hall–Kier alpha value is -3.33. The predicted octanol–water partition coefficient (Wildman–Crippen LogP) is 5.74. The van der Waals surface area contributed by atoms with Gasteiger partial charge in [-0.2, -0.15) is 13.2 Å². The summed E-state index contributed by atoms with van der Waals surface area (Å²) in [5.74, 6) is 0.571. The third-order valence-electron chi connectivity index (χ3n) is 7.20. The fourth-order valence-corrected chi connectivity index (χ4v) is 4.84. The summed E-state index contributed by atoms with van der Waals surface area (Å²) < 4.78 is 38.7. The molecule has 2 N–H and O–H groups in total. The van der Waals surface area contributed by atoms with Crippen LogP contribution in [0.4, 0.5) is 18.0 Å². The number of carbonyl (C=O) groups excluding carboxylic acids is 1. The van der Waals surface area contributed by atoms with Crippen molar-refractivity contribution < 1.29 is 18.0 Å². The lowest BCUT2D eigenvalue weighted by Crippen LogP contribution is -2.50. The second-order valence-corrected chi connectivity index (χ2v) is 10.1. The van der Waals surface area contributed by atoms with Gasteiger partial charge in [-0.15, -0.1) is 0 Å². The molecule has 0 radical (unpaired) electrons. The van der Waals surface area contributed by atoms with Crippen LogP contribution in [0.3, 0.4) is 0 Å². The molecule has 9 heteroatoms. The molecule has 1 aliphatic carbocycles. The van der Waals surface area contributed by atoms with Crippen LogP contribution in [0.25, 0.3) is 11.4 Å². The number of nitrogens with one attached hydrogen (secondary N) is 2. The minimum atomic E-state index is -4.36. The maximum atomic E-state index is 13.1. The zero-order chi connectivity index (χ0) is 26.0. The molecule has 1 saturated heterocycles. The highest BCUT2D eigenvalue weighted by Gasteiger charge is 2.32. The number of piperidine rings is 1. The van der Waals surface area contributed by atoms with Crippen LogP contribution in [0.1, 0.15) is 48.2 Å². The molecule has 2 heterocycles. The van der Waals surface area contributed by atoms with Crippen molar-refractivity contribution in [2.45, 2.75) is 64.0 Å². The molecule has 2 aliphatic rings. The highest BCUT2D eigenvalue weighted by Crippen LogP contribution is 2.31. The van der Waals surface area contributed by atoms with Gasteiger partial charge in [-0.1, -0.05) is 42.5 Å². The first-order chi connectivity index (χ1) is 17.8. The number of alkyl halides is 3. The molecule has 1 aromatic heterocycles. The molecule has 196 valence electrons. The molecule has 2 fully saturated rings.